The molecule has 0 aliphatic carbocycles. The van der Waals surface area contributed by atoms with E-state index < -0.39 is 8.07 Å². The maximum atomic E-state index is 2.53. The Hall–Kier alpha value is -10.4. The molecule has 0 N–H and O–H groups in total. The standard InChI is InChI=1S/C82H54Si/c1-5-22-57(23-6-1)79-71-33-17-18-34-72(71)80(77-53-65(46-47-74(77)79)62-42-43-63-49-60-25-15-16-26-61(60)51-67(63)52-62)58-40-37-56(38-41-58)64-45-48-75-78(54-64)82(76-36-20-19-35-73(76)81(75)66-44-39-55-21-13-14-24-59(55)50-66)83(68-27-7-2-8-28-68,69-29-9-3-10-30-69)70-31-11-4-12-32-70/h1-54H. The largest absolute Gasteiger partial charge is 0.180 e. The van der Waals surface area contributed by atoms with E-state index >= 15 is 0 Å². The van der Waals surface area contributed by atoms with Crippen molar-refractivity contribution in [3.05, 3.63) is 328 Å². The number of benzene rings is 16. The van der Waals surface area contributed by atoms with Gasteiger partial charge in [0.15, 0.2) is 8.07 Å². The van der Waals surface area contributed by atoms with Crippen LogP contribution in [-0.4, -0.2) is 8.07 Å². The topological polar surface area (TPSA) is 0 Å². The Morgan fingerprint density at radius 1 is 0.157 bits per heavy atom. The van der Waals surface area contributed by atoms with Gasteiger partial charge in [-0.15, -0.1) is 0 Å². The van der Waals surface area contributed by atoms with Crippen LogP contribution in [0.2, 0.25) is 0 Å². The molecule has 1 heteroatoms. The monoisotopic (exact) mass is 1070 g/mol. The summed E-state index contributed by atoms with van der Waals surface area (Å²) in [5.74, 6) is 0. The third kappa shape index (κ3) is 8.04. The summed E-state index contributed by atoms with van der Waals surface area (Å²) in [4.78, 5) is 0. The average molecular weight is 1070 g/mol. The second kappa shape index (κ2) is 20.0. The van der Waals surface area contributed by atoms with Gasteiger partial charge in [-0.1, -0.05) is 291 Å². The third-order valence-electron chi connectivity index (χ3n) is 17.7. The van der Waals surface area contributed by atoms with Crippen molar-refractivity contribution < 1.29 is 0 Å². The number of hydrogen-bond donors (Lipinski definition) is 0. The Morgan fingerprint density at radius 2 is 0.482 bits per heavy atom. The first-order valence-corrected chi connectivity index (χ1v) is 30.9. The first-order chi connectivity index (χ1) is 41.2. The third-order valence-corrected chi connectivity index (χ3v) is 22.6. The zero-order chi connectivity index (χ0) is 54.8. The SMILES string of the molecule is c1ccc(-c2c3ccccc3c(-c3ccc(-c4ccc5c(-c6ccc7ccccc7c6)c6ccccc6c([Si](c6ccccc6)(c6ccccc6)c6ccccc6)c5c4)cc3)c3cc(-c4ccc5cc6ccccc6cc5c4)ccc23)cc1. The van der Waals surface area contributed by atoms with Crippen molar-refractivity contribution in [3.63, 3.8) is 0 Å². The second-order valence-electron chi connectivity index (χ2n) is 22.2. The van der Waals surface area contributed by atoms with Crippen molar-refractivity contribution in [2.45, 2.75) is 0 Å². The second-order valence-corrected chi connectivity index (χ2v) is 26.0. The lowest BCUT2D eigenvalue weighted by atomic mass is 9.84. The summed E-state index contributed by atoms with van der Waals surface area (Å²) in [6, 6.07) is 123. The van der Waals surface area contributed by atoms with Crippen molar-refractivity contribution in [3.8, 4) is 55.6 Å². The van der Waals surface area contributed by atoms with Gasteiger partial charge >= 0.3 is 0 Å². The maximum Gasteiger partial charge on any atom is 0.180 e. The van der Waals surface area contributed by atoms with E-state index in [1.807, 2.05) is 0 Å². The van der Waals surface area contributed by atoms with E-state index in [9.17, 15) is 0 Å². The van der Waals surface area contributed by atoms with E-state index in [1.165, 1.54) is 152 Å². The van der Waals surface area contributed by atoms with Crippen LogP contribution >= 0.6 is 0 Å². The van der Waals surface area contributed by atoms with Crippen molar-refractivity contribution >= 4 is 104 Å². The van der Waals surface area contributed by atoms with Crippen molar-refractivity contribution in [1.82, 2.24) is 0 Å². The molecule has 0 aliphatic rings. The molecule has 0 radical (unpaired) electrons. The molecule has 0 bridgehead atoms. The van der Waals surface area contributed by atoms with Crippen LogP contribution in [0.1, 0.15) is 0 Å². The molecule has 0 saturated heterocycles. The maximum absolute atomic E-state index is 3.11. The molecule has 0 nitrogen and oxygen atoms in total. The molecule has 83 heavy (non-hydrogen) atoms. The summed E-state index contributed by atoms with van der Waals surface area (Å²) in [7, 11) is -3.11. The smallest absolute Gasteiger partial charge is 0.0623 e. The van der Waals surface area contributed by atoms with Gasteiger partial charge in [0.25, 0.3) is 0 Å². The number of fused-ring (bicyclic) bond motifs is 7. The fourth-order valence-electron chi connectivity index (χ4n) is 13.9. The molecule has 0 spiro atoms. The molecule has 0 fully saturated rings. The van der Waals surface area contributed by atoms with Crippen LogP contribution in [0.15, 0.2) is 328 Å². The first-order valence-electron chi connectivity index (χ1n) is 28.9. The molecule has 0 saturated carbocycles. The van der Waals surface area contributed by atoms with Crippen molar-refractivity contribution in [2.75, 3.05) is 0 Å². The van der Waals surface area contributed by atoms with Crippen LogP contribution in [0, 0.1) is 0 Å². The van der Waals surface area contributed by atoms with Gasteiger partial charge in [-0.25, -0.2) is 0 Å². The lowest BCUT2D eigenvalue weighted by Gasteiger charge is -2.37. The summed E-state index contributed by atoms with van der Waals surface area (Å²) in [5.41, 5.74) is 12.1. The van der Waals surface area contributed by atoms with Crippen LogP contribution in [-0.2, 0) is 0 Å². The van der Waals surface area contributed by atoms with Crippen LogP contribution < -0.4 is 20.7 Å². The van der Waals surface area contributed by atoms with Gasteiger partial charge < -0.3 is 0 Å². The molecule has 0 atom stereocenters. The van der Waals surface area contributed by atoms with E-state index in [2.05, 4.69) is 328 Å². The highest BCUT2D eigenvalue weighted by atomic mass is 28.3. The van der Waals surface area contributed by atoms with E-state index in [0.717, 1.165) is 0 Å². The minimum Gasteiger partial charge on any atom is -0.0623 e. The Labute approximate surface area is 484 Å². The quantitative estimate of drug-likeness (QED) is 0.0768. The van der Waals surface area contributed by atoms with Gasteiger partial charge in [0, 0.05) is 0 Å². The normalized spacial score (nSPS) is 11.9. The molecule has 16 aromatic rings. The molecule has 0 aromatic heterocycles. The molecule has 386 valence electrons. The van der Waals surface area contributed by atoms with Crippen molar-refractivity contribution in [1.29, 1.82) is 0 Å². The highest BCUT2D eigenvalue weighted by Crippen LogP contribution is 2.46. The Kier molecular flexibility index (Phi) is 11.7. The van der Waals surface area contributed by atoms with Crippen LogP contribution in [0.4, 0.5) is 0 Å². The van der Waals surface area contributed by atoms with Gasteiger partial charge in [-0.3, -0.25) is 0 Å². The highest BCUT2D eigenvalue weighted by molar-refractivity contribution is 7.21. The predicted octanol–water partition coefficient (Wildman–Crippen LogP) is 19.5. The summed E-state index contributed by atoms with van der Waals surface area (Å²) in [6.07, 6.45) is 0. The lowest BCUT2D eigenvalue weighted by Crippen LogP contribution is -2.75. The summed E-state index contributed by atoms with van der Waals surface area (Å²) in [5, 5.41) is 23.0. The van der Waals surface area contributed by atoms with Gasteiger partial charge in [0.05, 0.1) is 0 Å². The van der Waals surface area contributed by atoms with E-state index in [-0.39, 0.29) is 0 Å². The van der Waals surface area contributed by atoms with E-state index in [1.54, 1.807) is 0 Å². The fraction of sp³-hybridized carbons (Fsp3) is 0. The Morgan fingerprint density at radius 3 is 1.08 bits per heavy atom. The molecule has 0 amide bonds. The highest BCUT2D eigenvalue weighted by Gasteiger charge is 2.44. The van der Waals surface area contributed by atoms with Crippen LogP contribution in [0.25, 0.3) is 131 Å². The minimum absolute atomic E-state index is 1.17. The van der Waals surface area contributed by atoms with Crippen LogP contribution in [0.5, 0.6) is 0 Å². The van der Waals surface area contributed by atoms with E-state index in [4.69, 9.17) is 0 Å². The zero-order valence-electron chi connectivity index (χ0n) is 45.7. The molecule has 0 heterocycles. The minimum atomic E-state index is -3.11. The molecule has 16 aromatic carbocycles. The predicted molar refractivity (Wildman–Crippen MR) is 360 cm³/mol. The summed E-state index contributed by atoms with van der Waals surface area (Å²) in [6.45, 7) is 0. The number of rotatable bonds is 9. The van der Waals surface area contributed by atoms with E-state index in [0.29, 0.717) is 0 Å². The molecule has 0 aliphatic heterocycles. The van der Waals surface area contributed by atoms with Gasteiger partial charge in [-0.2, -0.15) is 0 Å². The average Bonchev–Trinajstić information content (AvgIpc) is 1.73. The molecule has 16 rings (SSSR count). The summed E-state index contributed by atoms with van der Waals surface area (Å²) >= 11 is 0. The lowest BCUT2D eigenvalue weighted by molar-refractivity contribution is 1.62. The number of hydrogen-bond acceptors (Lipinski definition) is 0. The Bertz CT molecular complexity index is 5070. The zero-order valence-corrected chi connectivity index (χ0v) is 46.7. The summed E-state index contributed by atoms with van der Waals surface area (Å²) < 4.78 is 0. The first kappa shape index (κ1) is 48.5. The fourth-order valence-corrected chi connectivity index (χ4v) is 19.1. The van der Waals surface area contributed by atoms with Gasteiger partial charge in [-0.05, 0) is 188 Å². The van der Waals surface area contributed by atoms with Crippen molar-refractivity contribution in [2.24, 2.45) is 0 Å². The Balaban J connectivity index is 0.936. The van der Waals surface area contributed by atoms with Gasteiger partial charge in [0.1, 0.15) is 0 Å². The molecule has 0 unspecified atom stereocenters. The van der Waals surface area contributed by atoms with Gasteiger partial charge in [0.2, 0.25) is 0 Å². The molecular weight excluding hydrogens is 1010 g/mol. The molecular formula is C82H54Si. The van der Waals surface area contributed by atoms with Crippen LogP contribution in [0.3, 0.4) is 0 Å².